The van der Waals surface area contributed by atoms with Crippen molar-refractivity contribution in [2.24, 2.45) is 0 Å². The number of nitro groups is 1. The number of benzene rings is 2. The van der Waals surface area contributed by atoms with Gasteiger partial charge < -0.3 is 15.4 Å². The number of hydrogen-bond donors (Lipinski definition) is 2. The molecule has 0 aliphatic heterocycles. The number of hydrogen-bond acceptors (Lipinski definition) is 7. The number of non-ortho nitro benzene ring substituents is 1. The van der Waals surface area contributed by atoms with Crippen LogP contribution in [-0.2, 0) is 6.61 Å². The summed E-state index contributed by atoms with van der Waals surface area (Å²) in [5.41, 5.74) is 1.53. The molecule has 2 amide bonds. The van der Waals surface area contributed by atoms with Crippen molar-refractivity contribution in [1.82, 2.24) is 15.6 Å². The molecule has 0 saturated heterocycles. The molecule has 1 heterocycles. The van der Waals surface area contributed by atoms with Crippen LogP contribution >= 0.6 is 11.3 Å². The largest absolute Gasteiger partial charge is 0.486 e. The number of nitro benzene ring substituents is 1. The molecule has 4 rings (SSSR count). The molecule has 10 heteroatoms. The fraction of sp³-hybridized carbons (Fsp3) is 0.320. The van der Waals surface area contributed by atoms with Crippen LogP contribution in [0.15, 0.2) is 53.9 Å². The number of ether oxygens (including phenoxy) is 1. The third-order valence-electron chi connectivity index (χ3n) is 5.89. The lowest BCUT2D eigenvalue weighted by molar-refractivity contribution is -0.384. The van der Waals surface area contributed by atoms with Crippen LogP contribution in [0, 0.1) is 17.0 Å². The van der Waals surface area contributed by atoms with Crippen molar-refractivity contribution in [2.45, 2.75) is 51.3 Å². The number of carbonyl (C=O) groups is 2. The van der Waals surface area contributed by atoms with Crippen LogP contribution in [0.2, 0.25) is 0 Å². The first-order chi connectivity index (χ1) is 16.9. The summed E-state index contributed by atoms with van der Waals surface area (Å²) in [7, 11) is 0. The van der Waals surface area contributed by atoms with Crippen LogP contribution in [0.3, 0.4) is 0 Å². The first-order valence-electron chi connectivity index (χ1n) is 11.4. The van der Waals surface area contributed by atoms with Crippen molar-refractivity contribution in [3.63, 3.8) is 0 Å². The van der Waals surface area contributed by atoms with E-state index >= 15 is 0 Å². The minimum absolute atomic E-state index is 0.142. The third kappa shape index (κ3) is 6.42. The van der Waals surface area contributed by atoms with Gasteiger partial charge in [0.15, 0.2) is 0 Å². The summed E-state index contributed by atoms with van der Waals surface area (Å²) in [5.74, 6) is 0.0368. The van der Waals surface area contributed by atoms with Gasteiger partial charge in [-0.05, 0) is 38.0 Å². The van der Waals surface area contributed by atoms with Gasteiger partial charge in [0.25, 0.3) is 17.5 Å². The summed E-state index contributed by atoms with van der Waals surface area (Å²) in [6.45, 7) is 2.28. The predicted octanol–water partition coefficient (Wildman–Crippen LogP) is 4.41. The lowest BCUT2D eigenvalue weighted by atomic mass is 9.90. The van der Waals surface area contributed by atoms with Gasteiger partial charge in [-0.25, -0.2) is 4.98 Å². The zero-order valence-electron chi connectivity index (χ0n) is 19.2. The van der Waals surface area contributed by atoms with E-state index in [0.717, 1.165) is 30.6 Å². The van der Waals surface area contributed by atoms with Gasteiger partial charge in [0.1, 0.15) is 23.1 Å². The van der Waals surface area contributed by atoms with E-state index in [1.54, 1.807) is 5.38 Å². The normalized spacial score (nSPS) is 17.4. The van der Waals surface area contributed by atoms with E-state index in [-0.39, 0.29) is 35.8 Å². The highest BCUT2D eigenvalue weighted by Gasteiger charge is 2.29. The Balaban J connectivity index is 1.35. The van der Waals surface area contributed by atoms with Crippen LogP contribution in [0.25, 0.3) is 0 Å². The molecule has 1 saturated carbocycles. The number of thiazole rings is 1. The van der Waals surface area contributed by atoms with Crippen LogP contribution in [0.4, 0.5) is 5.69 Å². The zero-order chi connectivity index (χ0) is 24.8. The molecule has 0 bridgehead atoms. The number of carbonyl (C=O) groups excluding carboxylic acids is 2. The van der Waals surface area contributed by atoms with E-state index in [1.807, 2.05) is 31.2 Å². The smallest absolute Gasteiger partial charge is 0.271 e. The molecule has 1 aromatic heterocycles. The predicted molar refractivity (Wildman–Crippen MR) is 132 cm³/mol. The number of aromatic nitrogens is 1. The first-order valence-corrected chi connectivity index (χ1v) is 12.3. The van der Waals surface area contributed by atoms with Crippen molar-refractivity contribution in [2.75, 3.05) is 0 Å². The van der Waals surface area contributed by atoms with E-state index in [0.29, 0.717) is 17.1 Å². The Morgan fingerprint density at radius 3 is 2.46 bits per heavy atom. The fourth-order valence-electron chi connectivity index (χ4n) is 3.99. The highest BCUT2D eigenvalue weighted by atomic mass is 32.1. The minimum atomic E-state index is -0.533. The second kappa shape index (κ2) is 11.1. The van der Waals surface area contributed by atoms with E-state index in [1.165, 1.54) is 35.6 Å². The van der Waals surface area contributed by atoms with E-state index < -0.39 is 10.8 Å². The third-order valence-corrected chi connectivity index (χ3v) is 6.71. The van der Waals surface area contributed by atoms with Crippen molar-refractivity contribution < 1.29 is 19.2 Å². The number of aryl methyl sites for hydroxylation is 1. The van der Waals surface area contributed by atoms with Gasteiger partial charge in [0.05, 0.1) is 4.92 Å². The molecule has 2 N–H and O–H groups in total. The second-order valence-electron chi connectivity index (χ2n) is 8.48. The summed E-state index contributed by atoms with van der Waals surface area (Å²) in [4.78, 5) is 40.5. The molecule has 2 atom stereocenters. The Kier molecular flexibility index (Phi) is 7.71. The van der Waals surface area contributed by atoms with Crippen LogP contribution < -0.4 is 15.4 Å². The lowest BCUT2D eigenvalue weighted by Crippen LogP contribution is -2.53. The molecule has 182 valence electrons. The fourth-order valence-corrected chi connectivity index (χ4v) is 4.68. The molecular formula is C25H26N4O5S. The quantitative estimate of drug-likeness (QED) is 0.353. The Morgan fingerprint density at radius 2 is 1.77 bits per heavy atom. The Labute approximate surface area is 206 Å². The van der Waals surface area contributed by atoms with Gasteiger partial charge in [-0.15, -0.1) is 11.3 Å². The highest BCUT2D eigenvalue weighted by molar-refractivity contribution is 7.09. The summed E-state index contributed by atoms with van der Waals surface area (Å²) in [6, 6.07) is 12.8. The standard InChI is InChI=1S/C25H26N4O5S/c1-16-9-11-19(12-10-16)34-14-23-26-22(15-35-23)25(31)28-21-8-3-2-7-20(21)27-24(30)17-5-4-6-18(13-17)29(32)33/h4-6,9-13,15,20-21H,2-3,7-8,14H2,1H3,(H,27,30)(H,28,31)/t20-,21+/m1/s1. The summed E-state index contributed by atoms with van der Waals surface area (Å²) < 4.78 is 5.74. The number of rotatable bonds is 8. The Bertz CT molecular complexity index is 1210. The number of nitrogens with one attached hydrogen (secondary N) is 2. The van der Waals surface area contributed by atoms with Crippen LogP contribution in [-0.4, -0.2) is 33.8 Å². The maximum Gasteiger partial charge on any atom is 0.271 e. The molecule has 0 spiro atoms. The molecular weight excluding hydrogens is 468 g/mol. The van der Waals surface area contributed by atoms with E-state index in [2.05, 4.69) is 15.6 Å². The molecule has 1 fully saturated rings. The van der Waals surface area contributed by atoms with Gasteiger partial charge in [-0.2, -0.15) is 0 Å². The first kappa shape index (κ1) is 24.3. The SMILES string of the molecule is Cc1ccc(OCc2nc(C(=O)N[C@H]3CCCC[C@H]3NC(=O)c3cccc([N+](=O)[O-])c3)cs2)cc1. The molecule has 0 radical (unpaired) electrons. The van der Waals surface area contributed by atoms with Crippen LogP contribution in [0.5, 0.6) is 5.75 Å². The molecule has 1 aliphatic carbocycles. The Hall–Kier alpha value is -3.79. The van der Waals surface area contributed by atoms with Crippen molar-refractivity contribution in [3.8, 4) is 5.75 Å². The zero-order valence-corrected chi connectivity index (χ0v) is 20.0. The highest BCUT2D eigenvalue weighted by Crippen LogP contribution is 2.21. The van der Waals surface area contributed by atoms with Gasteiger partial charge >= 0.3 is 0 Å². The van der Waals surface area contributed by atoms with Gasteiger partial charge in [-0.1, -0.05) is 36.6 Å². The van der Waals surface area contributed by atoms with Gasteiger partial charge in [-0.3, -0.25) is 19.7 Å². The average Bonchev–Trinajstić information content (AvgIpc) is 3.34. The number of nitrogens with zero attached hydrogens (tertiary/aromatic N) is 2. The molecule has 0 unspecified atom stereocenters. The topological polar surface area (TPSA) is 123 Å². The maximum absolute atomic E-state index is 12.9. The molecule has 3 aromatic rings. The molecule has 9 nitrogen and oxygen atoms in total. The summed E-state index contributed by atoms with van der Waals surface area (Å²) in [6.07, 6.45) is 3.28. The van der Waals surface area contributed by atoms with Gasteiger partial charge in [0, 0.05) is 35.2 Å². The second-order valence-corrected chi connectivity index (χ2v) is 9.42. The average molecular weight is 495 g/mol. The summed E-state index contributed by atoms with van der Waals surface area (Å²) in [5, 5.41) is 19.3. The Morgan fingerprint density at radius 1 is 1.09 bits per heavy atom. The number of amides is 2. The van der Waals surface area contributed by atoms with Crippen molar-refractivity contribution in [3.05, 3.63) is 85.9 Å². The molecule has 35 heavy (non-hydrogen) atoms. The monoisotopic (exact) mass is 494 g/mol. The maximum atomic E-state index is 12.9. The lowest BCUT2D eigenvalue weighted by Gasteiger charge is -2.32. The molecule has 2 aromatic carbocycles. The minimum Gasteiger partial charge on any atom is -0.486 e. The van der Waals surface area contributed by atoms with E-state index in [4.69, 9.17) is 4.74 Å². The van der Waals surface area contributed by atoms with Crippen molar-refractivity contribution >= 4 is 28.8 Å². The van der Waals surface area contributed by atoms with Crippen LogP contribution in [0.1, 0.15) is 57.1 Å². The summed E-state index contributed by atoms with van der Waals surface area (Å²) >= 11 is 1.35. The molecule has 1 aliphatic rings. The van der Waals surface area contributed by atoms with E-state index in [9.17, 15) is 19.7 Å². The van der Waals surface area contributed by atoms with Crippen molar-refractivity contribution in [1.29, 1.82) is 0 Å². The van der Waals surface area contributed by atoms with Gasteiger partial charge in [0.2, 0.25) is 0 Å².